The number of benzene rings is 2. The lowest BCUT2D eigenvalue weighted by atomic mass is 10.1. The van der Waals surface area contributed by atoms with Gasteiger partial charge in [-0.05, 0) is 42.3 Å². The molecule has 0 aliphatic carbocycles. The summed E-state index contributed by atoms with van der Waals surface area (Å²) in [6.07, 6.45) is 2.48. The second kappa shape index (κ2) is 10.4. The highest BCUT2D eigenvalue weighted by atomic mass is 32.1. The number of anilines is 1. The van der Waals surface area contributed by atoms with Gasteiger partial charge in [0.2, 0.25) is 0 Å². The third-order valence-electron chi connectivity index (χ3n) is 3.54. The van der Waals surface area contributed by atoms with Gasteiger partial charge in [-0.3, -0.25) is 0 Å². The predicted molar refractivity (Wildman–Crippen MR) is 106 cm³/mol. The van der Waals surface area contributed by atoms with Crippen molar-refractivity contribution >= 4 is 25.2 Å². The minimum Gasteiger partial charge on any atom is -0.362 e. The fourth-order valence-electron chi connectivity index (χ4n) is 2.32. The maximum atomic E-state index is 11.8. The monoisotopic (exact) mass is 343 g/mol. The molecule has 2 aromatic rings. The Balaban J connectivity index is 0.00000288. The molecule has 0 aromatic heterocycles. The summed E-state index contributed by atoms with van der Waals surface area (Å²) in [7, 11) is 0. The van der Waals surface area contributed by atoms with Gasteiger partial charge in [0.05, 0.1) is 0 Å². The van der Waals surface area contributed by atoms with E-state index in [0.29, 0.717) is 13.1 Å². The molecule has 0 fully saturated rings. The second-order valence-corrected chi connectivity index (χ2v) is 5.34. The summed E-state index contributed by atoms with van der Waals surface area (Å²) < 4.78 is 0. The van der Waals surface area contributed by atoms with E-state index >= 15 is 0 Å². The van der Waals surface area contributed by atoms with Crippen molar-refractivity contribution in [3.63, 3.8) is 0 Å². The van der Waals surface area contributed by atoms with Crippen LogP contribution in [-0.2, 0) is 13.0 Å². The summed E-state index contributed by atoms with van der Waals surface area (Å²) in [6, 6.07) is 16.0. The quantitative estimate of drug-likeness (QED) is 0.718. The molecule has 0 saturated carbocycles. The smallest absolute Gasteiger partial charge is 0.315 e. The van der Waals surface area contributed by atoms with Gasteiger partial charge in [0.15, 0.2) is 0 Å². The zero-order valence-electron chi connectivity index (χ0n) is 13.9. The van der Waals surface area contributed by atoms with Crippen LogP contribution >= 0.6 is 13.5 Å². The van der Waals surface area contributed by atoms with E-state index in [0.717, 1.165) is 23.2 Å². The Bertz CT molecular complexity index is 659. The van der Waals surface area contributed by atoms with Gasteiger partial charge < -0.3 is 16.0 Å². The van der Waals surface area contributed by atoms with Crippen LogP contribution in [0.25, 0.3) is 0 Å². The van der Waals surface area contributed by atoms with E-state index in [2.05, 4.69) is 40.7 Å². The first-order chi connectivity index (χ1) is 11.2. The molecule has 0 spiro atoms. The molecule has 0 unspecified atom stereocenters. The summed E-state index contributed by atoms with van der Waals surface area (Å²) in [6.45, 7) is 6.80. The lowest BCUT2D eigenvalue weighted by Gasteiger charge is -2.10. The van der Waals surface area contributed by atoms with Gasteiger partial charge in [-0.2, -0.15) is 13.5 Å². The number of nitrogens with one attached hydrogen (secondary N) is 3. The van der Waals surface area contributed by atoms with Gasteiger partial charge in [-0.15, -0.1) is 0 Å². The maximum absolute atomic E-state index is 11.8. The van der Waals surface area contributed by atoms with Crippen LogP contribution < -0.4 is 16.0 Å². The molecule has 0 heterocycles. The van der Waals surface area contributed by atoms with Crippen LogP contribution in [0, 0.1) is 6.92 Å². The summed E-state index contributed by atoms with van der Waals surface area (Å²) in [4.78, 5) is 11.8. The van der Waals surface area contributed by atoms with Gasteiger partial charge in [-0.25, -0.2) is 4.79 Å². The number of rotatable bonds is 7. The molecule has 2 aromatic carbocycles. The molecule has 0 atom stereocenters. The maximum Gasteiger partial charge on any atom is 0.315 e. The number of carbonyl (C=O) groups is 1. The van der Waals surface area contributed by atoms with Crippen molar-refractivity contribution in [2.45, 2.75) is 19.9 Å². The standard InChI is InChI=1S/C19H23N3O.H2S/c1-3-20-18-10-9-17(13-15(18)2)14-22-19(23)21-12-11-16-7-5-4-6-8-16;/h3-10,13,20H,1,11-12,14H2,2H3,(H2,21,22,23);1H2. The fourth-order valence-corrected chi connectivity index (χ4v) is 2.32. The zero-order chi connectivity index (χ0) is 16.5. The van der Waals surface area contributed by atoms with E-state index in [1.165, 1.54) is 5.56 Å². The van der Waals surface area contributed by atoms with Crippen molar-refractivity contribution in [2.75, 3.05) is 11.9 Å². The minimum atomic E-state index is -0.146. The average Bonchev–Trinajstić information content (AvgIpc) is 2.56. The van der Waals surface area contributed by atoms with Crippen molar-refractivity contribution in [1.82, 2.24) is 10.6 Å². The molecule has 0 bridgehead atoms. The highest BCUT2D eigenvalue weighted by molar-refractivity contribution is 7.59. The van der Waals surface area contributed by atoms with E-state index < -0.39 is 0 Å². The van der Waals surface area contributed by atoms with Crippen molar-refractivity contribution < 1.29 is 4.79 Å². The Morgan fingerprint density at radius 1 is 1.08 bits per heavy atom. The number of urea groups is 1. The molecule has 5 heteroatoms. The fraction of sp³-hybridized carbons (Fsp3) is 0.211. The first kappa shape index (κ1) is 19.6. The molecule has 0 aliphatic heterocycles. The largest absolute Gasteiger partial charge is 0.362 e. The minimum absolute atomic E-state index is 0. The van der Waals surface area contributed by atoms with Crippen LogP contribution in [-0.4, -0.2) is 12.6 Å². The molecular weight excluding hydrogens is 318 g/mol. The van der Waals surface area contributed by atoms with Crippen LogP contribution in [0.5, 0.6) is 0 Å². The third kappa shape index (κ3) is 6.38. The number of aryl methyl sites for hydroxylation is 1. The Labute approximate surface area is 150 Å². The molecule has 0 saturated heterocycles. The number of amides is 2. The Kier molecular flexibility index (Phi) is 8.50. The molecule has 2 rings (SSSR count). The molecule has 24 heavy (non-hydrogen) atoms. The van der Waals surface area contributed by atoms with Crippen LogP contribution in [0.1, 0.15) is 16.7 Å². The summed E-state index contributed by atoms with van der Waals surface area (Å²) in [5.74, 6) is 0. The molecular formula is C19H25N3OS. The third-order valence-corrected chi connectivity index (χ3v) is 3.54. The van der Waals surface area contributed by atoms with Gasteiger partial charge in [0.25, 0.3) is 0 Å². The lowest BCUT2D eigenvalue weighted by molar-refractivity contribution is 0.240. The van der Waals surface area contributed by atoms with Gasteiger partial charge in [0.1, 0.15) is 0 Å². The molecule has 128 valence electrons. The lowest BCUT2D eigenvalue weighted by Crippen LogP contribution is -2.36. The topological polar surface area (TPSA) is 53.2 Å². The highest BCUT2D eigenvalue weighted by Gasteiger charge is 2.02. The Morgan fingerprint density at radius 3 is 2.50 bits per heavy atom. The number of hydrogen-bond donors (Lipinski definition) is 3. The number of hydrogen-bond acceptors (Lipinski definition) is 2. The number of carbonyl (C=O) groups excluding carboxylic acids is 1. The summed E-state index contributed by atoms with van der Waals surface area (Å²) in [5, 5.41) is 8.82. The first-order valence-electron chi connectivity index (χ1n) is 7.71. The van der Waals surface area contributed by atoms with E-state index in [1.807, 2.05) is 37.3 Å². The average molecular weight is 343 g/mol. The first-order valence-corrected chi connectivity index (χ1v) is 7.71. The summed E-state index contributed by atoms with van der Waals surface area (Å²) in [5.41, 5.74) is 4.42. The van der Waals surface area contributed by atoms with E-state index in [9.17, 15) is 4.79 Å². The SMILES string of the molecule is C=CNc1ccc(CNC(=O)NCCc2ccccc2)cc1C.S. The normalized spacial score (nSPS) is 9.54. The van der Waals surface area contributed by atoms with Crippen LogP contribution in [0.3, 0.4) is 0 Å². The second-order valence-electron chi connectivity index (χ2n) is 5.34. The molecule has 4 nitrogen and oxygen atoms in total. The van der Waals surface area contributed by atoms with Crippen molar-refractivity contribution in [1.29, 1.82) is 0 Å². The summed E-state index contributed by atoms with van der Waals surface area (Å²) >= 11 is 0. The zero-order valence-corrected chi connectivity index (χ0v) is 14.9. The van der Waals surface area contributed by atoms with Crippen molar-refractivity contribution in [3.05, 3.63) is 78.0 Å². The van der Waals surface area contributed by atoms with Crippen molar-refractivity contribution in [3.8, 4) is 0 Å². The molecule has 2 amide bonds. The Hall–Kier alpha value is -2.40. The molecule has 0 aliphatic rings. The predicted octanol–water partition coefficient (Wildman–Crippen LogP) is 3.71. The highest BCUT2D eigenvalue weighted by Crippen LogP contribution is 2.16. The van der Waals surface area contributed by atoms with E-state index in [1.54, 1.807) is 6.20 Å². The van der Waals surface area contributed by atoms with Crippen molar-refractivity contribution in [2.24, 2.45) is 0 Å². The Morgan fingerprint density at radius 2 is 1.83 bits per heavy atom. The van der Waals surface area contributed by atoms with Crippen LogP contribution in [0.15, 0.2) is 61.3 Å². The van der Waals surface area contributed by atoms with Gasteiger partial charge >= 0.3 is 6.03 Å². The molecule has 0 radical (unpaired) electrons. The van der Waals surface area contributed by atoms with Gasteiger partial charge in [0, 0.05) is 18.8 Å². The van der Waals surface area contributed by atoms with Gasteiger partial charge in [-0.1, -0.05) is 49.0 Å². The van der Waals surface area contributed by atoms with Crippen LogP contribution in [0.4, 0.5) is 10.5 Å². The van der Waals surface area contributed by atoms with E-state index in [-0.39, 0.29) is 19.5 Å². The van der Waals surface area contributed by atoms with E-state index in [4.69, 9.17) is 0 Å². The van der Waals surface area contributed by atoms with Crippen LogP contribution in [0.2, 0.25) is 0 Å². The molecule has 3 N–H and O–H groups in total.